The first-order chi connectivity index (χ1) is 18.0. The molecule has 1 unspecified atom stereocenters. The molecule has 2 aromatic carbocycles. The summed E-state index contributed by atoms with van der Waals surface area (Å²) in [6.07, 6.45) is -7.83. The molecule has 0 radical (unpaired) electrons. The van der Waals surface area contributed by atoms with Gasteiger partial charge in [-0.2, -0.15) is 13.2 Å². The maximum atomic E-state index is 13.8. The SMILES string of the molecule is CCOC(=O)c1nc(Cn2nc(-c3ccc(Cl)cc3)n(CC(O)C(F)(F)F)c2=O)nn1-c1cccc(F)c1. The molecule has 0 amide bonds. The summed E-state index contributed by atoms with van der Waals surface area (Å²) in [5.74, 6) is -2.11. The van der Waals surface area contributed by atoms with Crippen molar-refractivity contribution in [3.8, 4) is 17.1 Å². The highest BCUT2D eigenvalue weighted by atomic mass is 35.5. The molecule has 0 spiro atoms. The van der Waals surface area contributed by atoms with E-state index >= 15 is 0 Å². The predicted molar refractivity (Wildman–Crippen MR) is 125 cm³/mol. The highest BCUT2D eigenvalue weighted by Gasteiger charge is 2.39. The number of aromatic nitrogens is 6. The van der Waals surface area contributed by atoms with Crippen LogP contribution < -0.4 is 5.69 Å². The fourth-order valence-corrected chi connectivity index (χ4v) is 3.59. The topological polar surface area (TPSA) is 117 Å². The third-order valence-corrected chi connectivity index (χ3v) is 5.46. The molecule has 0 aliphatic carbocycles. The fraction of sp³-hybridized carbons (Fsp3) is 0.261. The van der Waals surface area contributed by atoms with Gasteiger partial charge < -0.3 is 9.84 Å². The monoisotopic (exact) mass is 554 g/mol. The van der Waals surface area contributed by atoms with Crippen molar-refractivity contribution in [1.82, 2.24) is 29.1 Å². The zero-order valence-corrected chi connectivity index (χ0v) is 20.3. The van der Waals surface area contributed by atoms with Crippen LogP contribution in [0.15, 0.2) is 53.3 Å². The van der Waals surface area contributed by atoms with E-state index in [0.29, 0.717) is 9.59 Å². The van der Waals surface area contributed by atoms with Gasteiger partial charge in [0.15, 0.2) is 17.8 Å². The molecule has 0 aliphatic rings. The van der Waals surface area contributed by atoms with Crippen LogP contribution in [-0.2, 0) is 17.8 Å². The molecule has 2 heterocycles. The molecule has 10 nitrogen and oxygen atoms in total. The largest absolute Gasteiger partial charge is 0.460 e. The van der Waals surface area contributed by atoms with Gasteiger partial charge in [-0.05, 0) is 49.4 Å². The van der Waals surface area contributed by atoms with Crippen LogP contribution in [0.3, 0.4) is 0 Å². The van der Waals surface area contributed by atoms with E-state index in [1.165, 1.54) is 42.5 Å². The van der Waals surface area contributed by atoms with Gasteiger partial charge in [-0.1, -0.05) is 17.7 Å². The van der Waals surface area contributed by atoms with E-state index in [-0.39, 0.29) is 35.3 Å². The van der Waals surface area contributed by atoms with Gasteiger partial charge in [0.2, 0.25) is 5.82 Å². The molecule has 38 heavy (non-hydrogen) atoms. The average molecular weight is 555 g/mol. The van der Waals surface area contributed by atoms with Gasteiger partial charge in [0.25, 0.3) is 0 Å². The van der Waals surface area contributed by atoms with Gasteiger partial charge in [-0.15, -0.1) is 10.2 Å². The highest BCUT2D eigenvalue weighted by molar-refractivity contribution is 6.30. The lowest BCUT2D eigenvalue weighted by Crippen LogP contribution is -2.37. The van der Waals surface area contributed by atoms with E-state index in [1.54, 1.807) is 6.92 Å². The second kappa shape index (κ2) is 10.8. The van der Waals surface area contributed by atoms with Gasteiger partial charge >= 0.3 is 17.8 Å². The maximum Gasteiger partial charge on any atom is 0.416 e. The van der Waals surface area contributed by atoms with E-state index in [9.17, 15) is 32.3 Å². The fourth-order valence-electron chi connectivity index (χ4n) is 3.47. The van der Waals surface area contributed by atoms with Gasteiger partial charge in [0, 0.05) is 10.6 Å². The van der Waals surface area contributed by atoms with Crippen molar-refractivity contribution in [3.05, 3.63) is 81.5 Å². The summed E-state index contributed by atoms with van der Waals surface area (Å²) in [5, 5.41) is 18.3. The van der Waals surface area contributed by atoms with E-state index in [4.69, 9.17) is 16.3 Å². The number of hydrogen-bond acceptors (Lipinski definition) is 7. The van der Waals surface area contributed by atoms with Gasteiger partial charge in [0.1, 0.15) is 12.4 Å². The number of aliphatic hydroxyl groups is 1. The average Bonchev–Trinajstić information content (AvgIpc) is 3.41. The Labute approximate surface area is 216 Å². The van der Waals surface area contributed by atoms with E-state index in [2.05, 4.69) is 15.2 Å². The number of esters is 1. The minimum Gasteiger partial charge on any atom is -0.460 e. The smallest absolute Gasteiger partial charge is 0.416 e. The Kier molecular flexibility index (Phi) is 7.64. The van der Waals surface area contributed by atoms with E-state index < -0.39 is 42.8 Å². The van der Waals surface area contributed by atoms with Gasteiger partial charge in [-0.3, -0.25) is 4.57 Å². The molecule has 0 saturated heterocycles. The number of carbonyl (C=O) groups is 1. The Morgan fingerprint density at radius 1 is 1.16 bits per heavy atom. The summed E-state index contributed by atoms with van der Waals surface area (Å²) < 4.78 is 60.5. The Morgan fingerprint density at radius 2 is 1.87 bits per heavy atom. The first-order valence-electron chi connectivity index (χ1n) is 11.0. The number of ether oxygens (including phenoxy) is 1. The summed E-state index contributed by atoms with van der Waals surface area (Å²) in [7, 11) is 0. The second-order valence-electron chi connectivity index (χ2n) is 7.90. The number of nitrogens with zero attached hydrogens (tertiary/aromatic N) is 6. The summed E-state index contributed by atoms with van der Waals surface area (Å²) in [6, 6.07) is 10.9. The maximum absolute atomic E-state index is 13.8. The second-order valence-corrected chi connectivity index (χ2v) is 8.34. The highest BCUT2D eigenvalue weighted by Crippen LogP contribution is 2.24. The van der Waals surface area contributed by atoms with Crippen LogP contribution >= 0.6 is 11.6 Å². The van der Waals surface area contributed by atoms with E-state index in [1.807, 2.05) is 0 Å². The molecule has 0 fully saturated rings. The normalized spacial score (nSPS) is 12.5. The number of alkyl halides is 3. The molecule has 15 heteroatoms. The van der Waals surface area contributed by atoms with Crippen molar-refractivity contribution in [3.63, 3.8) is 0 Å². The third-order valence-electron chi connectivity index (χ3n) is 5.21. The quantitative estimate of drug-likeness (QED) is 0.262. The minimum absolute atomic E-state index is 0.0139. The predicted octanol–water partition coefficient (Wildman–Crippen LogP) is 3.23. The molecule has 0 saturated carbocycles. The molecular formula is C23H19ClF4N6O4. The summed E-state index contributed by atoms with van der Waals surface area (Å²) >= 11 is 5.89. The van der Waals surface area contributed by atoms with Gasteiger partial charge in [0.05, 0.1) is 18.8 Å². The van der Waals surface area contributed by atoms with Crippen LogP contribution in [-0.4, -0.2) is 59.1 Å². The van der Waals surface area contributed by atoms with Crippen LogP contribution in [0.4, 0.5) is 17.6 Å². The van der Waals surface area contributed by atoms with Crippen LogP contribution in [0, 0.1) is 5.82 Å². The summed E-state index contributed by atoms with van der Waals surface area (Å²) in [4.78, 5) is 29.7. The third kappa shape index (κ3) is 5.75. The Morgan fingerprint density at radius 3 is 2.50 bits per heavy atom. The zero-order valence-electron chi connectivity index (χ0n) is 19.6. The number of benzene rings is 2. The van der Waals surface area contributed by atoms with Gasteiger partial charge in [-0.25, -0.2) is 28.3 Å². The van der Waals surface area contributed by atoms with Crippen molar-refractivity contribution in [2.75, 3.05) is 6.61 Å². The molecule has 0 bridgehead atoms. The molecule has 1 atom stereocenters. The number of hydrogen-bond donors (Lipinski definition) is 1. The molecule has 200 valence electrons. The number of aliphatic hydroxyl groups excluding tert-OH is 1. The molecular weight excluding hydrogens is 536 g/mol. The van der Waals surface area contributed by atoms with Crippen molar-refractivity contribution < 1.29 is 32.2 Å². The van der Waals surface area contributed by atoms with Crippen molar-refractivity contribution in [2.24, 2.45) is 0 Å². The van der Waals surface area contributed by atoms with Crippen LogP contribution in [0.1, 0.15) is 23.4 Å². The van der Waals surface area contributed by atoms with E-state index in [0.717, 1.165) is 15.4 Å². The number of carbonyl (C=O) groups excluding carboxylic acids is 1. The standard InChI is InChI=1S/C23H19ClF4N6O4/c1-2-38-21(36)20-29-18(30-34(20)16-5-3-4-15(25)10-16)12-33-22(37)32(11-17(35)23(26,27)28)19(31-33)13-6-8-14(24)9-7-13/h3-10,17,35H,2,11-12H2,1H3. The minimum atomic E-state index is -4.99. The lowest BCUT2D eigenvalue weighted by Gasteiger charge is -2.15. The Balaban J connectivity index is 1.78. The van der Waals surface area contributed by atoms with Crippen molar-refractivity contribution in [2.45, 2.75) is 32.3 Å². The summed E-state index contributed by atoms with van der Waals surface area (Å²) in [5.41, 5.74) is -0.608. The molecule has 2 aromatic heterocycles. The molecule has 1 N–H and O–H groups in total. The lowest BCUT2D eigenvalue weighted by molar-refractivity contribution is -0.207. The first-order valence-corrected chi connectivity index (χ1v) is 11.4. The molecule has 0 aliphatic heterocycles. The first kappa shape index (κ1) is 27.0. The Bertz CT molecular complexity index is 1510. The zero-order chi connectivity index (χ0) is 27.6. The summed E-state index contributed by atoms with van der Waals surface area (Å²) in [6.45, 7) is -0.00954. The van der Waals surface area contributed by atoms with Crippen LogP contribution in [0.5, 0.6) is 0 Å². The van der Waals surface area contributed by atoms with Crippen LogP contribution in [0.2, 0.25) is 5.02 Å². The molecule has 4 aromatic rings. The lowest BCUT2D eigenvalue weighted by atomic mass is 10.2. The van der Waals surface area contributed by atoms with Crippen LogP contribution in [0.25, 0.3) is 17.1 Å². The Hall–Kier alpha value is -4.04. The van der Waals surface area contributed by atoms with Crippen molar-refractivity contribution in [1.29, 1.82) is 0 Å². The van der Waals surface area contributed by atoms with Crippen molar-refractivity contribution >= 4 is 17.6 Å². The number of halogens is 5. The number of rotatable bonds is 8. The molecule has 4 rings (SSSR count).